The van der Waals surface area contributed by atoms with E-state index in [-0.39, 0.29) is 18.6 Å². The number of carbonyl (C=O) groups is 1. The van der Waals surface area contributed by atoms with Gasteiger partial charge in [-0.05, 0) is 56.8 Å². The average molecular weight is 423 g/mol. The summed E-state index contributed by atoms with van der Waals surface area (Å²) in [5, 5.41) is 3.07. The van der Waals surface area contributed by atoms with E-state index in [0.29, 0.717) is 17.4 Å². The van der Waals surface area contributed by atoms with E-state index in [1.807, 2.05) is 38.4 Å². The molecule has 2 rings (SSSR count). The highest BCUT2D eigenvalue weighted by molar-refractivity contribution is 9.10. The summed E-state index contributed by atoms with van der Waals surface area (Å²) in [6.45, 7) is 5.37. The first-order chi connectivity index (χ1) is 12.3. The summed E-state index contributed by atoms with van der Waals surface area (Å²) >= 11 is 3.41. The van der Waals surface area contributed by atoms with Crippen LogP contribution in [-0.2, 0) is 6.61 Å². The molecule has 1 unspecified atom stereocenters. The molecule has 1 aromatic carbocycles. The molecule has 2 aromatic rings. The molecule has 0 saturated heterocycles. The number of likely N-dealkylation sites (N-methyl/N-ethyl adjacent to an activating group) is 1. The Labute approximate surface area is 163 Å². The quantitative estimate of drug-likeness (QED) is 0.653. The van der Waals surface area contributed by atoms with Gasteiger partial charge in [0.15, 0.2) is 5.76 Å². The molecule has 0 saturated carbocycles. The average Bonchev–Trinajstić information content (AvgIpc) is 3.01. The molecule has 26 heavy (non-hydrogen) atoms. The standard InChI is InChI=1S/C20H27BrN2O3/c1-14(2)10-16(12-23(3)4)22-20(24)19-9-8-18(26-19)13-25-17-7-5-6-15(21)11-17/h5-9,11,14,16H,10,12-13H2,1-4H3,(H,22,24). The highest BCUT2D eigenvalue weighted by atomic mass is 79.9. The molecule has 0 spiro atoms. The fourth-order valence-electron chi connectivity index (χ4n) is 2.73. The lowest BCUT2D eigenvalue weighted by atomic mass is 10.0. The van der Waals surface area contributed by atoms with Crippen LogP contribution >= 0.6 is 15.9 Å². The Kier molecular flexibility index (Phi) is 7.72. The summed E-state index contributed by atoms with van der Waals surface area (Å²) < 4.78 is 12.3. The van der Waals surface area contributed by atoms with Crippen molar-refractivity contribution in [1.29, 1.82) is 0 Å². The SMILES string of the molecule is CC(C)CC(CN(C)C)NC(=O)c1ccc(COc2cccc(Br)c2)o1. The van der Waals surface area contributed by atoms with E-state index in [9.17, 15) is 4.79 Å². The Morgan fingerprint density at radius 3 is 2.69 bits per heavy atom. The third kappa shape index (κ3) is 6.84. The second-order valence-corrected chi connectivity index (χ2v) is 7.99. The number of nitrogens with one attached hydrogen (secondary N) is 1. The van der Waals surface area contributed by atoms with E-state index in [1.165, 1.54) is 0 Å². The Morgan fingerprint density at radius 2 is 2.04 bits per heavy atom. The summed E-state index contributed by atoms with van der Waals surface area (Å²) in [6.07, 6.45) is 0.920. The smallest absolute Gasteiger partial charge is 0.287 e. The lowest BCUT2D eigenvalue weighted by Gasteiger charge is -2.23. The number of halogens is 1. The lowest BCUT2D eigenvalue weighted by Crippen LogP contribution is -2.42. The molecular weight excluding hydrogens is 396 g/mol. The van der Waals surface area contributed by atoms with Gasteiger partial charge in [0.05, 0.1) is 0 Å². The highest BCUT2D eigenvalue weighted by Gasteiger charge is 2.18. The van der Waals surface area contributed by atoms with E-state index < -0.39 is 0 Å². The van der Waals surface area contributed by atoms with Gasteiger partial charge in [0.1, 0.15) is 18.1 Å². The number of benzene rings is 1. The van der Waals surface area contributed by atoms with E-state index in [2.05, 4.69) is 40.0 Å². The highest BCUT2D eigenvalue weighted by Crippen LogP contribution is 2.19. The number of ether oxygens (including phenoxy) is 1. The van der Waals surface area contributed by atoms with Crippen LogP contribution in [0.3, 0.4) is 0 Å². The van der Waals surface area contributed by atoms with E-state index in [0.717, 1.165) is 23.2 Å². The van der Waals surface area contributed by atoms with E-state index in [1.54, 1.807) is 12.1 Å². The summed E-state index contributed by atoms with van der Waals surface area (Å²) in [4.78, 5) is 14.6. The molecular formula is C20H27BrN2O3. The molecule has 1 N–H and O–H groups in total. The zero-order valence-corrected chi connectivity index (χ0v) is 17.4. The number of rotatable bonds is 9. The summed E-state index contributed by atoms with van der Waals surface area (Å²) in [5.41, 5.74) is 0. The number of nitrogens with zero attached hydrogens (tertiary/aromatic N) is 1. The Bertz CT molecular complexity index is 703. The molecule has 0 aliphatic rings. The van der Waals surface area contributed by atoms with Crippen molar-refractivity contribution in [2.75, 3.05) is 20.6 Å². The van der Waals surface area contributed by atoms with Crippen molar-refractivity contribution in [2.45, 2.75) is 32.9 Å². The fraction of sp³-hybridized carbons (Fsp3) is 0.450. The summed E-state index contributed by atoms with van der Waals surface area (Å²) in [7, 11) is 4.01. The van der Waals surface area contributed by atoms with Gasteiger partial charge in [-0.2, -0.15) is 0 Å². The Morgan fingerprint density at radius 1 is 1.27 bits per heavy atom. The van der Waals surface area contributed by atoms with Gasteiger partial charge in [-0.3, -0.25) is 4.79 Å². The second kappa shape index (κ2) is 9.78. The molecule has 6 heteroatoms. The van der Waals surface area contributed by atoms with Crippen LogP contribution in [-0.4, -0.2) is 37.5 Å². The van der Waals surface area contributed by atoms with E-state index in [4.69, 9.17) is 9.15 Å². The molecule has 0 bridgehead atoms. The van der Waals surface area contributed by atoms with Crippen molar-refractivity contribution < 1.29 is 13.9 Å². The molecule has 0 aliphatic carbocycles. The maximum absolute atomic E-state index is 12.5. The zero-order chi connectivity index (χ0) is 19.1. The van der Waals surface area contributed by atoms with Crippen LogP contribution in [0.5, 0.6) is 5.75 Å². The molecule has 1 amide bonds. The van der Waals surface area contributed by atoms with Crippen molar-refractivity contribution in [3.8, 4) is 5.75 Å². The first kappa shape index (κ1) is 20.5. The normalized spacial score (nSPS) is 12.4. The fourth-order valence-corrected chi connectivity index (χ4v) is 3.11. The van der Waals surface area contributed by atoms with Crippen LogP contribution in [0, 0.1) is 5.92 Å². The van der Waals surface area contributed by atoms with Gasteiger partial charge >= 0.3 is 0 Å². The van der Waals surface area contributed by atoms with Gasteiger partial charge in [-0.15, -0.1) is 0 Å². The van der Waals surface area contributed by atoms with E-state index >= 15 is 0 Å². The first-order valence-electron chi connectivity index (χ1n) is 8.76. The number of furan rings is 1. The molecule has 142 valence electrons. The van der Waals surface area contributed by atoms with Gasteiger partial charge < -0.3 is 19.4 Å². The molecule has 0 aliphatic heterocycles. The van der Waals surface area contributed by atoms with Crippen LogP contribution < -0.4 is 10.1 Å². The largest absolute Gasteiger partial charge is 0.486 e. The Hall–Kier alpha value is -1.79. The van der Waals surface area contributed by atoms with Crippen LogP contribution in [0.1, 0.15) is 36.6 Å². The predicted molar refractivity (Wildman–Crippen MR) is 106 cm³/mol. The van der Waals surface area contributed by atoms with Gasteiger partial charge in [-0.1, -0.05) is 35.8 Å². The number of hydrogen-bond acceptors (Lipinski definition) is 4. The van der Waals surface area contributed by atoms with Gasteiger partial charge in [0, 0.05) is 17.1 Å². The summed E-state index contributed by atoms with van der Waals surface area (Å²) in [6, 6.07) is 11.1. The third-order valence-electron chi connectivity index (χ3n) is 3.74. The maximum Gasteiger partial charge on any atom is 0.287 e. The van der Waals surface area contributed by atoms with Crippen LogP contribution in [0.15, 0.2) is 45.3 Å². The number of amides is 1. The van der Waals surface area contributed by atoms with Gasteiger partial charge in [-0.25, -0.2) is 0 Å². The minimum Gasteiger partial charge on any atom is -0.486 e. The van der Waals surface area contributed by atoms with Gasteiger partial charge in [0.25, 0.3) is 5.91 Å². The predicted octanol–water partition coefficient (Wildman–Crippen LogP) is 4.33. The third-order valence-corrected chi connectivity index (χ3v) is 4.23. The van der Waals surface area contributed by atoms with Crippen molar-refractivity contribution in [3.63, 3.8) is 0 Å². The first-order valence-corrected chi connectivity index (χ1v) is 9.55. The lowest BCUT2D eigenvalue weighted by molar-refractivity contribution is 0.0892. The molecule has 0 fully saturated rings. The van der Waals surface area contributed by atoms with Crippen LogP contribution in [0.25, 0.3) is 0 Å². The number of hydrogen-bond donors (Lipinski definition) is 1. The van der Waals surface area contributed by atoms with Crippen molar-refractivity contribution in [2.24, 2.45) is 5.92 Å². The zero-order valence-electron chi connectivity index (χ0n) is 15.8. The minimum absolute atomic E-state index is 0.0870. The summed E-state index contributed by atoms with van der Waals surface area (Å²) in [5.74, 6) is 1.98. The van der Waals surface area contributed by atoms with Crippen LogP contribution in [0.4, 0.5) is 0 Å². The van der Waals surface area contributed by atoms with Crippen molar-refractivity contribution in [1.82, 2.24) is 10.2 Å². The minimum atomic E-state index is -0.189. The Balaban J connectivity index is 1.93. The van der Waals surface area contributed by atoms with Crippen molar-refractivity contribution >= 4 is 21.8 Å². The van der Waals surface area contributed by atoms with Gasteiger partial charge in [0.2, 0.25) is 0 Å². The molecule has 5 nitrogen and oxygen atoms in total. The second-order valence-electron chi connectivity index (χ2n) is 7.07. The molecule has 0 radical (unpaired) electrons. The van der Waals surface area contributed by atoms with Crippen molar-refractivity contribution in [3.05, 3.63) is 52.4 Å². The monoisotopic (exact) mass is 422 g/mol. The molecule has 1 heterocycles. The van der Waals surface area contributed by atoms with Crippen LogP contribution in [0.2, 0.25) is 0 Å². The molecule has 1 atom stereocenters. The topological polar surface area (TPSA) is 54.7 Å². The maximum atomic E-state index is 12.5. The molecule has 1 aromatic heterocycles. The number of carbonyl (C=O) groups excluding carboxylic acids is 1.